The SMILES string of the molecule is Cc1ccc(C2(O)CCN(c3cccn4nc(Nc5ccc(C(=O)N(C)C6CCN(C)C6)cc5)nc34)CC2)cc1. The third-order valence-electron chi connectivity index (χ3n) is 8.48. The molecule has 1 amide bonds. The number of rotatable bonds is 6. The standard InChI is InChI=1S/C31H37N7O2/c1-22-6-10-24(11-7-22)31(40)15-19-37(20-16-31)27-5-4-17-38-28(27)33-30(34-38)32-25-12-8-23(9-13-25)29(39)36(3)26-14-18-35(2)21-26/h4-13,17,26,40H,14-16,18-21H2,1-3H3,(H,32,34). The van der Waals surface area contributed by atoms with E-state index in [0.29, 0.717) is 24.4 Å². The third-order valence-corrected chi connectivity index (χ3v) is 8.48. The van der Waals surface area contributed by atoms with Gasteiger partial charge in [0, 0.05) is 50.2 Å². The molecule has 1 atom stereocenters. The Morgan fingerprint density at radius 2 is 1.77 bits per heavy atom. The second kappa shape index (κ2) is 10.6. The zero-order valence-electron chi connectivity index (χ0n) is 23.4. The van der Waals surface area contributed by atoms with Gasteiger partial charge in [0.1, 0.15) is 0 Å². The predicted molar refractivity (Wildman–Crippen MR) is 157 cm³/mol. The molecule has 9 heteroatoms. The van der Waals surface area contributed by atoms with Crippen LogP contribution in [0.25, 0.3) is 5.65 Å². The molecule has 0 radical (unpaired) electrons. The van der Waals surface area contributed by atoms with Gasteiger partial charge < -0.3 is 25.1 Å². The van der Waals surface area contributed by atoms with E-state index >= 15 is 0 Å². The number of piperidine rings is 1. The summed E-state index contributed by atoms with van der Waals surface area (Å²) in [5.74, 6) is 0.531. The molecule has 0 spiro atoms. The number of aryl methyl sites for hydroxylation is 1. The number of benzene rings is 2. The van der Waals surface area contributed by atoms with Crippen LogP contribution in [0.4, 0.5) is 17.3 Å². The van der Waals surface area contributed by atoms with Crippen LogP contribution in [0.15, 0.2) is 66.9 Å². The maximum absolute atomic E-state index is 13.0. The van der Waals surface area contributed by atoms with Gasteiger partial charge in [0.05, 0.1) is 11.3 Å². The van der Waals surface area contributed by atoms with Crippen LogP contribution in [-0.4, -0.2) is 81.7 Å². The van der Waals surface area contributed by atoms with Gasteiger partial charge in [-0.2, -0.15) is 4.98 Å². The van der Waals surface area contributed by atoms with E-state index in [-0.39, 0.29) is 11.9 Å². The molecule has 2 N–H and O–H groups in total. The summed E-state index contributed by atoms with van der Waals surface area (Å²) in [6, 6.07) is 20.0. The summed E-state index contributed by atoms with van der Waals surface area (Å²) in [5, 5.41) is 19.3. The minimum Gasteiger partial charge on any atom is -0.385 e. The highest BCUT2D eigenvalue weighted by atomic mass is 16.3. The number of aliphatic hydroxyl groups is 1. The largest absolute Gasteiger partial charge is 0.385 e. The van der Waals surface area contributed by atoms with Gasteiger partial charge in [-0.3, -0.25) is 4.79 Å². The van der Waals surface area contributed by atoms with E-state index < -0.39 is 5.60 Å². The number of likely N-dealkylation sites (tertiary alicyclic amines) is 1. The van der Waals surface area contributed by atoms with Gasteiger partial charge in [0.25, 0.3) is 5.91 Å². The number of aromatic nitrogens is 3. The third kappa shape index (κ3) is 5.14. The molecule has 0 bridgehead atoms. The summed E-state index contributed by atoms with van der Waals surface area (Å²) in [4.78, 5) is 24.2. The van der Waals surface area contributed by atoms with Crippen LogP contribution in [0, 0.1) is 6.92 Å². The van der Waals surface area contributed by atoms with Crippen molar-refractivity contribution < 1.29 is 9.90 Å². The highest BCUT2D eigenvalue weighted by Gasteiger charge is 2.34. The predicted octanol–water partition coefficient (Wildman–Crippen LogP) is 4.05. The molecular weight excluding hydrogens is 502 g/mol. The van der Waals surface area contributed by atoms with E-state index in [2.05, 4.69) is 52.4 Å². The number of anilines is 3. The lowest BCUT2D eigenvalue weighted by molar-refractivity contribution is 0.0118. The van der Waals surface area contributed by atoms with Crippen molar-refractivity contribution in [1.82, 2.24) is 24.4 Å². The molecule has 0 aliphatic carbocycles. The number of fused-ring (bicyclic) bond motifs is 1. The second-order valence-corrected chi connectivity index (χ2v) is 11.3. The molecule has 2 aromatic carbocycles. The lowest BCUT2D eigenvalue weighted by Crippen LogP contribution is -2.42. The fraction of sp³-hybridized carbons (Fsp3) is 0.387. The Kier molecular flexibility index (Phi) is 6.93. The normalized spacial score (nSPS) is 19.2. The smallest absolute Gasteiger partial charge is 0.253 e. The van der Waals surface area contributed by atoms with Gasteiger partial charge in [-0.05, 0) is 81.7 Å². The lowest BCUT2D eigenvalue weighted by atomic mass is 9.84. The molecule has 0 saturated carbocycles. The molecule has 9 nitrogen and oxygen atoms in total. The molecule has 2 saturated heterocycles. The maximum Gasteiger partial charge on any atom is 0.253 e. The van der Waals surface area contributed by atoms with E-state index in [1.165, 1.54) is 5.56 Å². The van der Waals surface area contributed by atoms with Crippen LogP contribution in [0.1, 0.15) is 40.7 Å². The number of likely N-dealkylation sites (N-methyl/N-ethyl adjacent to an activating group) is 2. The molecule has 6 rings (SSSR count). The van der Waals surface area contributed by atoms with Crippen molar-refractivity contribution in [2.24, 2.45) is 0 Å². The number of nitrogens with zero attached hydrogens (tertiary/aromatic N) is 6. The first-order valence-electron chi connectivity index (χ1n) is 14.0. The van der Waals surface area contributed by atoms with Gasteiger partial charge in [-0.15, -0.1) is 5.10 Å². The fourth-order valence-corrected chi connectivity index (χ4v) is 5.88. The molecule has 208 valence electrons. The average Bonchev–Trinajstić information content (AvgIpc) is 3.59. The number of amides is 1. The van der Waals surface area contributed by atoms with Crippen molar-refractivity contribution in [3.63, 3.8) is 0 Å². The Morgan fingerprint density at radius 1 is 1.05 bits per heavy atom. The Morgan fingerprint density at radius 3 is 2.45 bits per heavy atom. The Labute approximate surface area is 235 Å². The number of carbonyl (C=O) groups excluding carboxylic acids is 1. The minimum absolute atomic E-state index is 0.0400. The Balaban J connectivity index is 1.13. The van der Waals surface area contributed by atoms with E-state index in [9.17, 15) is 9.90 Å². The van der Waals surface area contributed by atoms with Crippen molar-refractivity contribution in [2.75, 3.05) is 50.5 Å². The lowest BCUT2D eigenvalue weighted by Gasteiger charge is -2.39. The highest BCUT2D eigenvalue weighted by Crippen LogP contribution is 2.35. The van der Waals surface area contributed by atoms with Crippen molar-refractivity contribution in [1.29, 1.82) is 0 Å². The van der Waals surface area contributed by atoms with Gasteiger partial charge in [0.15, 0.2) is 5.65 Å². The fourth-order valence-electron chi connectivity index (χ4n) is 5.88. The van der Waals surface area contributed by atoms with E-state index in [1.54, 1.807) is 4.52 Å². The molecule has 40 heavy (non-hydrogen) atoms. The summed E-state index contributed by atoms with van der Waals surface area (Å²) in [7, 11) is 3.98. The number of carbonyl (C=O) groups is 1. The number of nitrogens with one attached hydrogen (secondary N) is 1. The van der Waals surface area contributed by atoms with E-state index in [0.717, 1.165) is 55.2 Å². The van der Waals surface area contributed by atoms with Gasteiger partial charge in [-0.1, -0.05) is 29.8 Å². The molecule has 4 heterocycles. The number of hydrogen-bond donors (Lipinski definition) is 2. The van der Waals surface area contributed by atoms with Gasteiger partial charge in [-0.25, -0.2) is 4.52 Å². The molecule has 4 aromatic rings. The monoisotopic (exact) mass is 539 g/mol. The topological polar surface area (TPSA) is 89.2 Å². The minimum atomic E-state index is -0.814. The molecule has 2 fully saturated rings. The van der Waals surface area contributed by atoms with Crippen LogP contribution in [-0.2, 0) is 5.60 Å². The number of pyridine rings is 1. The van der Waals surface area contributed by atoms with Crippen molar-refractivity contribution in [2.45, 2.75) is 37.8 Å². The zero-order chi connectivity index (χ0) is 27.9. The summed E-state index contributed by atoms with van der Waals surface area (Å²) in [6.07, 6.45) is 4.19. The maximum atomic E-state index is 13.0. The first kappa shape index (κ1) is 26.3. The summed E-state index contributed by atoms with van der Waals surface area (Å²) >= 11 is 0. The van der Waals surface area contributed by atoms with Crippen LogP contribution >= 0.6 is 0 Å². The first-order valence-corrected chi connectivity index (χ1v) is 14.0. The molecular formula is C31H37N7O2. The van der Waals surface area contributed by atoms with E-state index in [4.69, 9.17) is 4.98 Å². The highest BCUT2D eigenvalue weighted by molar-refractivity contribution is 5.94. The second-order valence-electron chi connectivity index (χ2n) is 11.3. The zero-order valence-corrected chi connectivity index (χ0v) is 23.4. The number of hydrogen-bond acceptors (Lipinski definition) is 7. The Bertz CT molecular complexity index is 1490. The molecule has 2 aliphatic heterocycles. The van der Waals surface area contributed by atoms with E-state index in [1.807, 2.05) is 60.6 Å². The van der Waals surface area contributed by atoms with Crippen molar-refractivity contribution in [3.05, 3.63) is 83.6 Å². The van der Waals surface area contributed by atoms with Gasteiger partial charge in [0.2, 0.25) is 5.95 Å². The summed E-state index contributed by atoms with van der Waals surface area (Å²) < 4.78 is 1.78. The molecule has 2 aliphatic rings. The van der Waals surface area contributed by atoms with Gasteiger partial charge >= 0.3 is 0 Å². The summed E-state index contributed by atoms with van der Waals surface area (Å²) in [6.45, 7) is 5.44. The van der Waals surface area contributed by atoms with Crippen LogP contribution < -0.4 is 10.2 Å². The first-order chi connectivity index (χ1) is 19.3. The van der Waals surface area contributed by atoms with Crippen LogP contribution in [0.5, 0.6) is 0 Å². The molecule has 2 aromatic heterocycles. The summed E-state index contributed by atoms with van der Waals surface area (Å²) in [5.41, 5.74) is 4.61. The van der Waals surface area contributed by atoms with Crippen molar-refractivity contribution in [3.8, 4) is 0 Å². The van der Waals surface area contributed by atoms with Crippen molar-refractivity contribution >= 4 is 28.9 Å². The van der Waals surface area contributed by atoms with Crippen LogP contribution in [0.3, 0.4) is 0 Å². The quantitative estimate of drug-likeness (QED) is 0.382. The Hall–Kier alpha value is -3.95. The molecule has 1 unspecified atom stereocenters. The average molecular weight is 540 g/mol. The van der Waals surface area contributed by atoms with Crippen LogP contribution in [0.2, 0.25) is 0 Å².